The molecular weight excluding hydrogens is 528 g/mol. The van der Waals surface area contributed by atoms with Gasteiger partial charge in [0.1, 0.15) is 10.6 Å². The summed E-state index contributed by atoms with van der Waals surface area (Å²) in [6.45, 7) is 8.39. The summed E-state index contributed by atoms with van der Waals surface area (Å²) in [7, 11) is 0. The molecule has 1 heterocycles. The van der Waals surface area contributed by atoms with Crippen LogP contribution in [0.25, 0.3) is 0 Å². The minimum atomic E-state index is -0.530. The zero-order valence-corrected chi connectivity index (χ0v) is 23.5. The van der Waals surface area contributed by atoms with E-state index >= 15 is 0 Å². The van der Waals surface area contributed by atoms with Crippen LogP contribution < -0.4 is 10.6 Å². The van der Waals surface area contributed by atoms with Gasteiger partial charge in [0.2, 0.25) is 0 Å². The summed E-state index contributed by atoms with van der Waals surface area (Å²) in [5.41, 5.74) is 2.72. The van der Waals surface area contributed by atoms with Gasteiger partial charge in [-0.1, -0.05) is 57.7 Å². The third-order valence-corrected chi connectivity index (χ3v) is 7.24. The van der Waals surface area contributed by atoms with Gasteiger partial charge in [0, 0.05) is 40.5 Å². The van der Waals surface area contributed by atoms with Crippen molar-refractivity contribution in [3.63, 3.8) is 0 Å². The van der Waals surface area contributed by atoms with Gasteiger partial charge >= 0.3 is 0 Å². The van der Waals surface area contributed by atoms with Crippen LogP contribution in [0.1, 0.15) is 49.5 Å². The first-order chi connectivity index (χ1) is 19.0. The molecule has 0 aromatic heterocycles. The second-order valence-electron chi connectivity index (χ2n) is 10.1. The van der Waals surface area contributed by atoms with E-state index in [-0.39, 0.29) is 39.6 Å². The Morgan fingerprint density at radius 2 is 1.60 bits per heavy atom. The van der Waals surface area contributed by atoms with Crippen molar-refractivity contribution in [2.24, 2.45) is 5.92 Å². The summed E-state index contributed by atoms with van der Waals surface area (Å²) in [6, 6.07) is 20.0. The lowest BCUT2D eigenvalue weighted by molar-refractivity contribution is -0.384. The second-order valence-corrected chi connectivity index (χ2v) is 11.2. The Hall–Kier alpha value is -4.44. The molecule has 0 spiro atoms. The molecule has 0 saturated heterocycles. The smallest absolute Gasteiger partial charge is 0.278 e. The normalized spacial score (nSPS) is 13.4. The average Bonchev–Trinajstić information content (AvgIpc) is 3.12. The molecule has 0 bridgehead atoms. The molecule has 1 aliphatic heterocycles. The van der Waals surface area contributed by atoms with E-state index in [1.807, 2.05) is 38.1 Å². The van der Waals surface area contributed by atoms with Crippen molar-refractivity contribution in [3.8, 4) is 0 Å². The summed E-state index contributed by atoms with van der Waals surface area (Å²) < 4.78 is 0. The van der Waals surface area contributed by atoms with Crippen molar-refractivity contribution in [2.45, 2.75) is 38.5 Å². The van der Waals surface area contributed by atoms with Crippen LogP contribution >= 0.6 is 11.8 Å². The lowest BCUT2D eigenvalue weighted by Gasteiger charge is -2.17. The van der Waals surface area contributed by atoms with Crippen molar-refractivity contribution in [1.29, 1.82) is 0 Å². The molecule has 40 heavy (non-hydrogen) atoms. The zero-order chi connectivity index (χ0) is 29.0. The average molecular weight is 559 g/mol. The number of amides is 3. The van der Waals surface area contributed by atoms with Crippen molar-refractivity contribution in [1.82, 2.24) is 4.90 Å². The Kier molecular flexibility index (Phi) is 8.69. The van der Waals surface area contributed by atoms with Gasteiger partial charge < -0.3 is 10.6 Å². The number of non-ortho nitro benzene ring substituents is 1. The number of nitrogens with zero attached hydrogens (tertiary/aromatic N) is 2. The highest BCUT2D eigenvalue weighted by Crippen LogP contribution is 2.37. The largest absolute Gasteiger partial charge is 0.350 e. The summed E-state index contributed by atoms with van der Waals surface area (Å²) in [6.07, 6.45) is 0. The van der Waals surface area contributed by atoms with Gasteiger partial charge in [0.25, 0.3) is 23.4 Å². The monoisotopic (exact) mass is 558 g/mol. The summed E-state index contributed by atoms with van der Waals surface area (Å²) in [5, 5.41) is 16.8. The van der Waals surface area contributed by atoms with Crippen LogP contribution in [0.4, 0.5) is 17.1 Å². The van der Waals surface area contributed by atoms with E-state index in [1.54, 1.807) is 24.3 Å². The SMILES string of the molecule is CC(C)CN1C(=O)C(Nc2ccc(C(C)C)cc2)=C(Sc2cccc(NC(=O)c3ccc([N+](=O)[O-])cc3)c2)C1=O. The van der Waals surface area contributed by atoms with E-state index in [1.165, 1.54) is 29.2 Å². The third-order valence-electron chi connectivity index (χ3n) is 6.17. The zero-order valence-electron chi connectivity index (χ0n) is 22.6. The molecule has 0 saturated carbocycles. The third kappa shape index (κ3) is 6.58. The number of nitro benzene ring substituents is 1. The highest BCUT2D eigenvalue weighted by Gasteiger charge is 2.39. The first-order valence-electron chi connectivity index (χ1n) is 12.8. The van der Waals surface area contributed by atoms with Gasteiger partial charge in [0.15, 0.2) is 0 Å². The number of carbonyl (C=O) groups excluding carboxylic acids is 3. The molecule has 0 atom stereocenters. The molecule has 3 aromatic carbocycles. The topological polar surface area (TPSA) is 122 Å². The molecule has 4 rings (SSSR count). The molecular formula is C30H30N4O5S. The molecule has 0 radical (unpaired) electrons. The summed E-state index contributed by atoms with van der Waals surface area (Å²) in [5.74, 6) is -0.716. The van der Waals surface area contributed by atoms with Gasteiger partial charge in [0.05, 0.1) is 4.92 Å². The van der Waals surface area contributed by atoms with Crippen LogP contribution in [0.3, 0.4) is 0 Å². The molecule has 10 heteroatoms. The lowest BCUT2D eigenvalue weighted by Crippen LogP contribution is -2.35. The fraction of sp³-hybridized carbons (Fsp3) is 0.233. The number of nitro groups is 1. The van der Waals surface area contributed by atoms with Crippen LogP contribution in [0.5, 0.6) is 0 Å². The summed E-state index contributed by atoms with van der Waals surface area (Å²) >= 11 is 1.15. The number of benzene rings is 3. The van der Waals surface area contributed by atoms with E-state index < -0.39 is 10.8 Å². The fourth-order valence-electron chi connectivity index (χ4n) is 4.08. The molecule has 0 unspecified atom stereocenters. The number of thioether (sulfide) groups is 1. The Bertz CT molecular complexity index is 1480. The molecule has 3 amide bonds. The van der Waals surface area contributed by atoms with Crippen LogP contribution in [0, 0.1) is 16.0 Å². The van der Waals surface area contributed by atoms with E-state index in [0.29, 0.717) is 28.7 Å². The second kappa shape index (κ2) is 12.2. The van der Waals surface area contributed by atoms with Crippen molar-refractivity contribution >= 4 is 46.5 Å². The molecule has 9 nitrogen and oxygen atoms in total. The van der Waals surface area contributed by atoms with E-state index in [0.717, 1.165) is 17.3 Å². The maximum absolute atomic E-state index is 13.4. The Labute approximate surface area is 236 Å². The molecule has 0 aliphatic carbocycles. The maximum Gasteiger partial charge on any atom is 0.278 e. The number of carbonyl (C=O) groups is 3. The predicted octanol–water partition coefficient (Wildman–Crippen LogP) is 6.41. The number of nitrogens with one attached hydrogen (secondary N) is 2. The highest BCUT2D eigenvalue weighted by atomic mass is 32.2. The van der Waals surface area contributed by atoms with Gasteiger partial charge in [-0.15, -0.1) is 0 Å². The molecule has 2 N–H and O–H groups in total. The number of rotatable bonds is 10. The lowest BCUT2D eigenvalue weighted by atomic mass is 10.0. The molecule has 206 valence electrons. The highest BCUT2D eigenvalue weighted by molar-refractivity contribution is 8.04. The Morgan fingerprint density at radius 1 is 0.925 bits per heavy atom. The van der Waals surface area contributed by atoms with Crippen LogP contribution in [0.15, 0.2) is 88.3 Å². The molecule has 1 aliphatic rings. The standard InChI is InChI=1S/C30H30N4O5S/c1-18(2)17-33-29(36)26(31-22-12-8-20(9-13-22)19(3)4)27(30(33)37)40-25-7-5-6-23(16-25)32-28(35)21-10-14-24(15-11-21)34(38)39/h5-16,18-19,31H,17H2,1-4H3,(H,32,35). The summed E-state index contributed by atoms with van der Waals surface area (Å²) in [4.78, 5) is 52.0. The van der Waals surface area contributed by atoms with Gasteiger partial charge in [-0.25, -0.2) is 0 Å². The van der Waals surface area contributed by atoms with Gasteiger partial charge in [-0.3, -0.25) is 29.4 Å². The molecule has 3 aromatic rings. The predicted molar refractivity (Wildman–Crippen MR) is 156 cm³/mol. The number of hydrogen-bond acceptors (Lipinski definition) is 7. The first-order valence-corrected chi connectivity index (χ1v) is 13.7. The fourth-order valence-corrected chi connectivity index (χ4v) is 5.08. The number of imide groups is 1. The first kappa shape index (κ1) is 28.6. The minimum absolute atomic E-state index is 0.0989. The van der Waals surface area contributed by atoms with Crippen LogP contribution in [-0.2, 0) is 9.59 Å². The van der Waals surface area contributed by atoms with Gasteiger partial charge in [-0.2, -0.15) is 0 Å². The van der Waals surface area contributed by atoms with Crippen molar-refractivity contribution in [2.75, 3.05) is 17.2 Å². The van der Waals surface area contributed by atoms with E-state index in [2.05, 4.69) is 24.5 Å². The van der Waals surface area contributed by atoms with Gasteiger partial charge in [-0.05, 0) is 59.9 Å². The Balaban J connectivity index is 1.58. The van der Waals surface area contributed by atoms with Crippen molar-refractivity contribution in [3.05, 3.63) is 105 Å². The molecule has 0 fully saturated rings. The minimum Gasteiger partial charge on any atom is -0.350 e. The number of hydrogen-bond donors (Lipinski definition) is 2. The quantitative estimate of drug-likeness (QED) is 0.167. The Morgan fingerprint density at radius 3 is 2.20 bits per heavy atom. The maximum atomic E-state index is 13.4. The van der Waals surface area contributed by atoms with E-state index in [4.69, 9.17) is 0 Å². The van der Waals surface area contributed by atoms with Crippen LogP contribution in [-0.4, -0.2) is 34.1 Å². The van der Waals surface area contributed by atoms with Crippen LogP contribution in [0.2, 0.25) is 0 Å². The number of anilines is 2. The van der Waals surface area contributed by atoms with E-state index in [9.17, 15) is 24.5 Å². The van der Waals surface area contributed by atoms with Crippen molar-refractivity contribution < 1.29 is 19.3 Å².